The number of aromatic nitrogens is 2. The first kappa shape index (κ1) is 15.8. The third-order valence-corrected chi connectivity index (χ3v) is 4.16. The van der Waals surface area contributed by atoms with Crippen LogP contribution in [0.3, 0.4) is 0 Å². The highest BCUT2D eigenvalue weighted by Gasteiger charge is 2.28. The van der Waals surface area contributed by atoms with Gasteiger partial charge < -0.3 is 19.8 Å². The standard InChI is InChI=1S/C15H25N3O3/c1-4-12-17-13(15(19)21-5-2)14(16)18(12)10(3)11-6-8-20-9-7-11/h10-11H,4-9,16H2,1-3H3. The quantitative estimate of drug-likeness (QED) is 0.842. The largest absolute Gasteiger partial charge is 0.461 e. The van der Waals surface area contributed by atoms with Crippen LogP contribution in [0, 0.1) is 5.92 Å². The number of carbonyl (C=O) groups is 1. The fourth-order valence-corrected chi connectivity index (χ4v) is 2.96. The van der Waals surface area contributed by atoms with Crippen molar-refractivity contribution in [3.05, 3.63) is 11.5 Å². The summed E-state index contributed by atoms with van der Waals surface area (Å²) in [5.41, 5.74) is 6.43. The van der Waals surface area contributed by atoms with Crippen LogP contribution in [0.1, 0.15) is 56.0 Å². The number of nitrogens with zero attached hydrogens (tertiary/aromatic N) is 2. The maximum atomic E-state index is 11.9. The van der Waals surface area contributed by atoms with E-state index in [1.54, 1.807) is 6.92 Å². The second-order valence-electron chi connectivity index (χ2n) is 5.40. The molecule has 1 aliphatic heterocycles. The van der Waals surface area contributed by atoms with E-state index in [9.17, 15) is 4.79 Å². The monoisotopic (exact) mass is 295 g/mol. The summed E-state index contributed by atoms with van der Waals surface area (Å²) >= 11 is 0. The van der Waals surface area contributed by atoms with Gasteiger partial charge in [-0.15, -0.1) is 0 Å². The van der Waals surface area contributed by atoms with E-state index in [2.05, 4.69) is 11.9 Å². The van der Waals surface area contributed by atoms with Gasteiger partial charge >= 0.3 is 5.97 Å². The summed E-state index contributed by atoms with van der Waals surface area (Å²) in [6, 6.07) is 0.208. The highest BCUT2D eigenvalue weighted by atomic mass is 16.5. The van der Waals surface area contributed by atoms with Crippen molar-refractivity contribution in [1.29, 1.82) is 0 Å². The minimum absolute atomic E-state index is 0.208. The minimum Gasteiger partial charge on any atom is -0.461 e. The molecule has 6 nitrogen and oxygen atoms in total. The Bertz CT molecular complexity index is 493. The number of nitrogen functional groups attached to an aromatic ring is 1. The van der Waals surface area contributed by atoms with Crippen molar-refractivity contribution in [2.45, 2.75) is 46.1 Å². The van der Waals surface area contributed by atoms with Crippen molar-refractivity contribution in [2.75, 3.05) is 25.6 Å². The average Bonchev–Trinajstić information content (AvgIpc) is 2.84. The average molecular weight is 295 g/mol. The number of esters is 1. The summed E-state index contributed by atoms with van der Waals surface area (Å²) < 4.78 is 12.5. The van der Waals surface area contributed by atoms with Gasteiger partial charge in [0.2, 0.25) is 0 Å². The molecule has 1 aromatic heterocycles. The highest BCUT2D eigenvalue weighted by molar-refractivity contribution is 5.92. The molecular weight excluding hydrogens is 270 g/mol. The molecule has 0 amide bonds. The Morgan fingerprint density at radius 1 is 1.48 bits per heavy atom. The first-order valence-electron chi connectivity index (χ1n) is 7.71. The number of rotatable bonds is 5. The number of hydrogen-bond donors (Lipinski definition) is 1. The van der Waals surface area contributed by atoms with Gasteiger partial charge in [0.1, 0.15) is 11.6 Å². The fraction of sp³-hybridized carbons (Fsp3) is 0.733. The second kappa shape index (κ2) is 6.93. The Kier molecular flexibility index (Phi) is 5.22. The molecule has 1 fully saturated rings. The van der Waals surface area contributed by atoms with E-state index in [0.717, 1.165) is 38.3 Å². The van der Waals surface area contributed by atoms with E-state index in [1.165, 1.54) is 0 Å². The van der Waals surface area contributed by atoms with Gasteiger partial charge in [0.05, 0.1) is 6.61 Å². The van der Waals surface area contributed by atoms with E-state index in [-0.39, 0.29) is 11.7 Å². The SMILES string of the molecule is CCOC(=O)c1nc(CC)n(C(C)C2CCOCC2)c1N. The Hall–Kier alpha value is -1.56. The van der Waals surface area contributed by atoms with Crippen molar-refractivity contribution < 1.29 is 14.3 Å². The zero-order valence-electron chi connectivity index (χ0n) is 13.1. The van der Waals surface area contributed by atoms with Crippen molar-refractivity contribution in [3.63, 3.8) is 0 Å². The van der Waals surface area contributed by atoms with Gasteiger partial charge in [-0.05, 0) is 32.6 Å². The molecule has 0 aromatic carbocycles. The second-order valence-corrected chi connectivity index (χ2v) is 5.40. The maximum Gasteiger partial charge on any atom is 0.360 e. The molecule has 0 aliphatic carbocycles. The molecule has 0 radical (unpaired) electrons. The Morgan fingerprint density at radius 3 is 2.71 bits per heavy atom. The fourth-order valence-electron chi connectivity index (χ4n) is 2.96. The van der Waals surface area contributed by atoms with Crippen LogP contribution in [0.5, 0.6) is 0 Å². The minimum atomic E-state index is -0.442. The summed E-state index contributed by atoms with van der Waals surface area (Å²) in [6.07, 6.45) is 2.75. The molecule has 0 spiro atoms. The molecule has 118 valence electrons. The molecule has 0 bridgehead atoms. The maximum absolute atomic E-state index is 11.9. The summed E-state index contributed by atoms with van der Waals surface area (Å²) in [7, 11) is 0. The molecule has 2 rings (SSSR count). The number of anilines is 1. The van der Waals surface area contributed by atoms with Gasteiger partial charge in [-0.1, -0.05) is 6.92 Å². The van der Waals surface area contributed by atoms with Crippen LogP contribution in [-0.4, -0.2) is 35.3 Å². The highest BCUT2D eigenvalue weighted by Crippen LogP contribution is 2.32. The van der Waals surface area contributed by atoms with Gasteiger partial charge in [0, 0.05) is 25.7 Å². The zero-order chi connectivity index (χ0) is 15.4. The van der Waals surface area contributed by atoms with Crippen LogP contribution in [-0.2, 0) is 15.9 Å². The van der Waals surface area contributed by atoms with Gasteiger partial charge in [-0.25, -0.2) is 9.78 Å². The zero-order valence-corrected chi connectivity index (χ0v) is 13.1. The normalized spacial score (nSPS) is 17.7. The van der Waals surface area contributed by atoms with E-state index < -0.39 is 5.97 Å². The van der Waals surface area contributed by atoms with Crippen LogP contribution in [0.4, 0.5) is 5.82 Å². The number of hydrogen-bond acceptors (Lipinski definition) is 5. The third kappa shape index (κ3) is 3.20. The van der Waals surface area contributed by atoms with Crippen LogP contribution >= 0.6 is 0 Å². The summed E-state index contributed by atoms with van der Waals surface area (Å²) in [4.78, 5) is 16.3. The molecule has 0 saturated carbocycles. The lowest BCUT2D eigenvalue weighted by molar-refractivity contribution is 0.0506. The van der Waals surface area contributed by atoms with E-state index in [1.807, 2.05) is 11.5 Å². The number of imidazole rings is 1. The topological polar surface area (TPSA) is 79.4 Å². The van der Waals surface area contributed by atoms with Crippen LogP contribution < -0.4 is 5.73 Å². The molecule has 1 aliphatic rings. The predicted octanol–water partition coefficient (Wildman–Crippen LogP) is 2.19. The molecule has 1 unspecified atom stereocenters. The first-order valence-corrected chi connectivity index (χ1v) is 7.71. The third-order valence-electron chi connectivity index (χ3n) is 4.16. The molecule has 21 heavy (non-hydrogen) atoms. The lowest BCUT2D eigenvalue weighted by Crippen LogP contribution is -2.26. The van der Waals surface area contributed by atoms with Crippen molar-refractivity contribution >= 4 is 11.8 Å². The lowest BCUT2D eigenvalue weighted by Gasteiger charge is -2.30. The van der Waals surface area contributed by atoms with E-state index in [0.29, 0.717) is 18.3 Å². The molecule has 1 aromatic rings. The lowest BCUT2D eigenvalue weighted by atomic mass is 9.92. The van der Waals surface area contributed by atoms with Gasteiger partial charge in [0.25, 0.3) is 0 Å². The van der Waals surface area contributed by atoms with Crippen LogP contribution in [0.25, 0.3) is 0 Å². The number of aryl methyl sites for hydroxylation is 1. The van der Waals surface area contributed by atoms with Crippen molar-refractivity contribution in [1.82, 2.24) is 9.55 Å². The summed E-state index contributed by atoms with van der Waals surface area (Å²) in [5, 5.41) is 0. The molecule has 1 saturated heterocycles. The molecule has 2 heterocycles. The van der Waals surface area contributed by atoms with E-state index in [4.69, 9.17) is 15.2 Å². The van der Waals surface area contributed by atoms with Crippen molar-refractivity contribution in [2.24, 2.45) is 5.92 Å². The number of carbonyl (C=O) groups excluding carboxylic acids is 1. The Labute approximate surface area is 125 Å². The first-order chi connectivity index (χ1) is 10.1. The number of ether oxygens (including phenoxy) is 2. The molecular formula is C15H25N3O3. The Morgan fingerprint density at radius 2 is 2.14 bits per heavy atom. The molecule has 1 atom stereocenters. The van der Waals surface area contributed by atoms with Gasteiger partial charge in [-0.2, -0.15) is 0 Å². The van der Waals surface area contributed by atoms with Crippen LogP contribution in [0.15, 0.2) is 0 Å². The smallest absolute Gasteiger partial charge is 0.360 e. The van der Waals surface area contributed by atoms with Crippen LogP contribution in [0.2, 0.25) is 0 Å². The molecule has 6 heteroatoms. The number of nitrogens with two attached hydrogens (primary N) is 1. The van der Waals surface area contributed by atoms with Gasteiger partial charge in [0.15, 0.2) is 5.69 Å². The Balaban J connectivity index is 2.30. The van der Waals surface area contributed by atoms with Gasteiger partial charge in [-0.3, -0.25) is 0 Å². The molecule has 2 N–H and O–H groups in total. The summed E-state index contributed by atoms with van der Waals surface area (Å²) in [5.74, 6) is 1.32. The van der Waals surface area contributed by atoms with E-state index >= 15 is 0 Å². The predicted molar refractivity (Wildman–Crippen MR) is 80.2 cm³/mol. The van der Waals surface area contributed by atoms with Crippen molar-refractivity contribution in [3.8, 4) is 0 Å². The summed E-state index contributed by atoms with van der Waals surface area (Å²) in [6.45, 7) is 7.83.